The van der Waals surface area contributed by atoms with E-state index in [4.69, 9.17) is 5.11 Å². The minimum absolute atomic E-state index is 0.0844. The summed E-state index contributed by atoms with van der Waals surface area (Å²) in [6, 6.07) is 0. The molecular formula is C7H9BrN2O2S. The first-order valence-corrected chi connectivity index (χ1v) is 5.41. The van der Waals surface area contributed by atoms with Crippen LogP contribution < -0.4 is 5.32 Å². The van der Waals surface area contributed by atoms with Crippen LogP contribution in [-0.2, 0) is 0 Å². The molecule has 0 fully saturated rings. The highest BCUT2D eigenvalue weighted by Gasteiger charge is 2.07. The van der Waals surface area contributed by atoms with E-state index in [-0.39, 0.29) is 12.5 Å². The minimum Gasteiger partial charge on any atom is -0.396 e. The Hall–Kier alpha value is -0.460. The van der Waals surface area contributed by atoms with Crippen molar-refractivity contribution in [3.8, 4) is 0 Å². The van der Waals surface area contributed by atoms with Gasteiger partial charge in [0.25, 0.3) is 5.91 Å². The molecule has 0 bridgehead atoms. The average molecular weight is 265 g/mol. The third kappa shape index (κ3) is 3.41. The molecule has 0 aliphatic rings. The maximum Gasteiger partial charge on any atom is 0.270 e. The topological polar surface area (TPSA) is 62.2 Å². The standard InChI is InChI=1S/C7H9BrN2O2S/c8-7-10-5(4-13-7)6(12)9-2-1-3-11/h4,11H,1-3H2,(H,9,12). The SMILES string of the molecule is O=C(NCCCO)c1csc(Br)n1. The van der Waals surface area contributed by atoms with Gasteiger partial charge >= 0.3 is 0 Å². The second-order valence-electron chi connectivity index (χ2n) is 2.32. The lowest BCUT2D eigenvalue weighted by atomic mass is 10.4. The van der Waals surface area contributed by atoms with Gasteiger partial charge in [-0.15, -0.1) is 11.3 Å². The molecule has 6 heteroatoms. The molecule has 0 aromatic carbocycles. The first-order valence-electron chi connectivity index (χ1n) is 3.74. The summed E-state index contributed by atoms with van der Waals surface area (Å²) in [5.74, 6) is -0.199. The molecule has 13 heavy (non-hydrogen) atoms. The molecule has 2 N–H and O–H groups in total. The molecule has 0 unspecified atom stereocenters. The van der Waals surface area contributed by atoms with Crippen LogP contribution in [0.3, 0.4) is 0 Å². The van der Waals surface area contributed by atoms with Crippen LogP contribution in [0, 0.1) is 0 Å². The first-order chi connectivity index (χ1) is 6.24. The van der Waals surface area contributed by atoms with Crippen molar-refractivity contribution in [2.45, 2.75) is 6.42 Å². The quantitative estimate of drug-likeness (QED) is 0.799. The number of thiazole rings is 1. The van der Waals surface area contributed by atoms with Crippen molar-refractivity contribution in [1.82, 2.24) is 10.3 Å². The molecule has 0 atom stereocenters. The van der Waals surface area contributed by atoms with Crippen LogP contribution in [0.15, 0.2) is 9.30 Å². The van der Waals surface area contributed by atoms with Crippen molar-refractivity contribution in [1.29, 1.82) is 0 Å². The zero-order chi connectivity index (χ0) is 9.68. The normalized spacial score (nSPS) is 10.0. The van der Waals surface area contributed by atoms with Gasteiger partial charge in [0.2, 0.25) is 0 Å². The van der Waals surface area contributed by atoms with E-state index in [0.29, 0.717) is 22.6 Å². The molecular weight excluding hydrogens is 256 g/mol. The molecule has 0 saturated heterocycles. The van der Waals surface area contributed by atoms with Gasteiger partial charge in [-0.05, 0) is 22.4 Å². The second kappa shape index (κ2) is 5.31. The number of carbonyl (C=O) groups is 1. The summed E-state index contributed by atoms with van der Waals surface area (Å²) in [5, 5.41) is 12.8. The lowest BCUT2D eigenvalue weighted by Gasteiger charge is -1.99. The number of aromatic nitrogens is 1. The molecule has 1 heterocycles. The minimum atomic E-state index is -0.199. The van der Waals surface area contributed by atoms with Gasteiger partial charge < -0.3 is 10.4 Å². The predicted octanol–water partition coefficient (Wildman–Crippen LogP) is 1.02. The molecule has 0 spiro atoms. The number of halogens is 1. The van der Waals surface area contributed by atoms with Gasteiger partial charge in [-0.25, -0.2) is 4.98 Å². The van der Waals surface area contributed by atoms with Gasteiger partial charge in [0, 0.05) is 18.5 Å². The third-order valence-electron chi connectivity index (χ3n) is 1.33. The number of nitrogens with zero attached hydrogens (tertiary/aromatic N) is 1. The molecule has 72 valence electrons. The van der Waals surface area contributed by atoms with Crippen molar-refractivity contribution in [2.24, 2.45) is 0 Å². The van der Waals surface area contributed by atoms with Gasteiger partial charge in [-0.1, -0.05) is 0 Å². The van der Waals surface area contributed by atoms with E-state index in [0.717, 1.165) is 0 Å². The number of amides is 1. The van der Waals surface area contributed by atoms with E-state index in [1.807, 2.05) is 0 Å². The van der Waals surface area contributed by atoms with Crippen molar-refractivity contribution < 1.29 is 9.90 Å². The molecule has 4 nitrogen and oxygen atoms in total. The summed E-state index contributed by atoms with van der Waals surface area (Å²) in [7, 11) is 0. The Labute approximate surface area is 88.1 Å². The Kier molecular flexibility index (Phi) is 4.34. The fraction of sp³-hybridized carbons (Fsp3) is 0.429. The summed E-state index contributed by atoms with van der Waals surface area (Å²) < 4.78 is 0.694. The van der Waals surface area contributed by atoms with Crippen LogP contribution in [0.1, 0.15) is 16.9 Å². The molecule has 0 aliphatic carbocycles. The van der Waals surface area contributed by atoms with Crippen LogP contribution in [0.5, 0.6) is 0 Å². The number of hydrogen-bond donors (Lipinski definition) is 2. The van der Waals surface area contributed by atoms with Crippen LogP contribution in [0.25, 0.3) is 0 Å². The summed E-state index contributed by atoms with van der Waals surface area (Å²) in [6.45, 7) is 0.561. The van der Waals surface area contributed by atoms with Gasteiger partial charge in [0.1, 0.15) is 5.69 Å². The van der Waals surface area contributed by atoms with Crippen LogP contribution in [-0.4, -0.2) is 29.1 Å². The Bertz CT molecular complexity index is 290. The van der Waals surface area contributed by atoms with Crippen molar-refractivity contribution >= 4 is 33.2 Å². The molecule has 0 radical (unpaired) electrons. The fourth-order valence-corrected chi connectivity index (χ4v) is 1.72. The first kappa shape index (κ1) is 10.6. The summed E-state index contributed by atoms with van der Waals surface area (Å²) in [6.07, 6.45) is 0.567. The Balaban J connectivity index is 2.40. The van der Waals surface area contributed by atoms with Gasteiger partial charge in [-0.2, -0.15) is 0 Å². The number of nitrogens with one attached hydrogen (secondary N) is 1. The fourth-order valence-electron chi connectivity index (χ4n) is 0.728. The third-order valence-corrected chi connectivity index (χ3v) is 2.69. The van der Waals surface area contributed by atoms with Crippen LogP contribution >= 0.6 is 27.3 Å². The smallest absolute Gasteiger partial charge is 0.270 e. The Morgan fingerprint density at radius 3 is 3.08 bits per heavy atom. The molecule has 1 rings (SSSR count). The largest absolute Gasteiger partial charge is 0.396 e. The second-order valence-corrected chi connectivity index (χ2v) is 4.45. The number of hydrogen-bond acceptors (Lipinski definition) is 4. The summed E-state index contributed by atoms with van der Waals surface area (Å²) in [4.78, 5) is 15.2. The number of rotatable bonds is 4. The van der Waals surface area contributed by atoms with E-state index in [9.17, 15) is 4.79 Å². The zero-order valence-corrected chi connectivity index (χ0v) is 9.19. The monoisotopic (exact) mass is 264 g/mol. The van der Waals surface area contributed by atoms with E-state index >= 15 is 0 Å². The molecule has 1 amide bonds. The maximum absolute atomic E-state index is 11.3. The highest BCUT2D eigenvalue weighted by molar-refractivity contribution is 9.11. The number of aliphatic hydroxyl groups is 1. The Morgan fingerprint density at radius 1 is 1.77 bits per heavy atom. The highest BCUT2D eigenvalue weighted by Crippen LogP contribution is 2.15. The summed E-state index contributed by atoms with van der Waals surface area (Å²) in [5.41, 5.74) is 0.412. The van der Waals surface area contributed by atoms with Crippen molar-refractivity contribution in [2.75, 3.05) is 13.2 Å². The Morgan fingerprint density at radius 2 is 2.54 bits per heavy atom. The number of aliphatic hydroxyl groups excluding tert-OH is 1. The average Bonchev–Trinajstić information content (AvgIpc) is 2.52. The van der Waals surface area contributed by atoms with E-state index in [1.54, 1.807) is 5.38 Å². The van der Waals surface area contributed by atoms with Crippen LogP contribution in [0.4, 0.5) is 0 Å². The van der Waals surface area contributed by atoms with Gasteiger partial charge in [-0.3, -0.25) is 4.79 Å². The number of carbonyl (C=O) groups excluding carboxylic acids is 1. The molecule has 0 aliphatic heterocycles. The predicted molar refractivity (Wildman–Crippen MR) is 53.9 cm³/mol. The lowest BCUT2D eigenvalue weighted by molar-refractivity contribution is 0.0947. The van der Waals surface area contributed by atoms with Crippen molar-refractivity contribution in [3.63, 3.8) is 0 Å². The lowest BCUT2D eigenvalue weighted by Crippen LogP contribution is -2.25. The van der Waals surface area contributed by atoms with Gasteiger partial charge in [0.15, 0.2) is 3.92 Å². The molecule has 0 saturated carbocycles. The summed E-state index contributed by atoms with van der Waals surface area (Å²) >= 11 is 4.54. The van der Waals surface area contributed by atoms with E-state index < -0.39 is 0 Å². The highest BCUT2D eigenvalue weighted by atomic mass is 79.9. The van der Waals surface area contributed by atoms with E-state index in [2.05, 4.69) is 26.2 Å². The van der Waals surface area contributed by atoms with E-state index in [1.165, 1.54) is 11.3 Å². The van der Waals surface area contributed by atoms with Crippen molar-refractivity contribution in [3.05, 3.63) is 15.0 Å². The maximum atomic E-state index is 11.3. The van der Waals surface area contributed by atoms with Gasteiger partial charge in [0.05, 0.1) is 0 Å². The molecule has 1 aromatic rings. The zero-order valence-electron chi connectivity index (χ0n) is 6.79. The van der Waals surface area contributed by atoms with Crippen LogP contribution in [0.2, 0.25) is 0 Å². The molecule has 1 aromatic heterocycles.